The van der Waals surface area contributed by atoms with E-state index >= 15 is 0 Å². The third-order valence-electron chi connectivity index (χ3n) is 7.44. The van der Waals surface area contributed by atoms with E-state index in [9.17, 15) is 13.2 Å². The van der Waals surface area contributed by atoms with Crippen LogP contribution in [0.1, 0.15) is 28.4 Å². The van der Waals surface area contributed by atoms with Crippen molar-refractivity contribution in [3.63, 3.8) is 0 Å². The van der Waals surface area contributed by atoms with E-state index in [2.05, 4.69) is 0 Å². The second kappa shape index (κ2) is 10.6. The molecule has 0 radical (unpaired) electrons. The molecule has 2 aliphatic rings. The number of halogens is 1. The molecule has 4 aromatic rings. The molecule has 2 heterocycles. The zero-order valence-corrected chi connectivity index (χ0v) is 23.2. The van der Waals surface area contributed by atoms with Crippen molar-refractivity contribution in [3.05, 3.63) is 136 Å². The molecule has 0 bridgehead atoms. The van der Waals surface area contributed by atoms with E-state index in [4.69, 9.17) is 21.3 Å². The minimum absolute atomic E-state index is 0.0115. The molecule has 0 spiro atoms. The molecule has 6 rings (SSSR count). The van der Waals surface area contributed by atoms with Gasteiger partial charge in [-0.15, -0.1) is 0 Å². The van der Waals surface area contributed by atoms with E-state index < -0.39 is 21.5 Å². The lowest BCUT2D eigenvalue weighted by molar-refractivity contribution is -0.139. The Bertz CT molecular complexity index is 1680. The Morgan fingerprint density at radius 3 is 2.25 bits per heavy atom. The molecule has 202 valence electrons. The van der Waals surface area contributed by atoms with Crippen LogP contribution in [0.2, 0.25) is 5.02 Å². The van der Waals surface area contributed by atoms with Gasteiger partial charge in [0.25, 0.3) is 5.91 Å². The van der Waals surface area contributed by atoms with Crippen LogP contribution in [0.15, 0.2) is 119 Å². The van der Waals surface area contributed by atoms with Crippen LogP contribution in [0.3, 0.4) is 0 Å². The number of carbonyl (C=O) groups excluding carboxylic acids is 1. The van der Waals surface area contributed by atoms with Crippen LogP contribution in [-0.4, -0.2) is 43.0 Å². The van der Waals surface area contributed by atoms with E-state index in [0.717, 1.165) is 22.3 Å². The zero-order chi connectivity index (χ0) is 27.7. The topological polar surface area (TPSA) is 76.0 Å². The Kier molecular flexibility index (Phi) is 6.94. The van der Waals surface area contributed by atoms with Gasteiger partial charge in [0, 0.05) is 35.7 Å². The van der Waals surface area contributed by atoms with Crippen molar-refractivity contribution in [2.45, 2.75) is 29.5 Å². The van der Waals surface area contributed by atoms with E-state index in [0.29, 0.717) is 10.9 Å². The summed E-state index contributed by atoms with van der Waals surface area (Å²) in [5.74, 6) is -0.115. The molecule has 0 aromatic heterocycles. The van der Waals surface area contributed by atoms with Crippen LogP contribution >= 0.6 is 11.6 Å². The van der Waals surface area contributed by atoms with Crippen LogP contribution in [-0.2, 0) is 32.3 Å². The van der Waals surface area contributed by atoms with E-state index in [1.807, 2.05) is 72.8 Å². The van der Waals surface area contributed by atoms with Gasteiger partial charge in [0.2, 0.25) is 5.90 Å². The summed E-state index contributed by atoms with van der Waals surface area (Å²) >= 11 is 6.47. The number of amides is 1. The number of fused-ring (bicyclic) bond motifs is 3. The average molecular weight is 571 g/mol. The second-order valence-corrected chi connectivity index (χ2v) is 12.6. The van der Waals surface area contributed by atoms with Crippen molar-refractivity contribution < 1.29 is 17.9 Å². The number of benzene rings is 4. The first kappa shape index (κ1) is 26.3. The van der Waals surface area contributed by atoms with Gasteiger partial charge in [-0.1, -0.05) is 84.4 Å². The van der Waals surface area contributed by atoms with E-state index in [1.165, 1.54) is 0 Å². The van der Waals surface area contributed by atoms with Crippen molar-refractivity contribution in [1.82, 2.24) is 4.90 Å². The SMILES string of the molecule is O=C1N(CCS(=O)(=O)c2ccccc2)Cc2ccc(Cl)cc2[C@@H]2OC(c3ccccc3)=N[C@]12Cc1ccccc1. The van der Waals surface area contributed by atoms with Gasteiger partial charge in [-0.3, -0.25) is 4.79 Å². The van der Waals surface area contributed by atoms with Gasteiger partial charge in [0.1, 0.15) is 0 Å². The lowest BCUT2D eigenvalue weighted by atomic mass is 9.81. The first-order valence-corrected chi connectivity index (χ1v) is 15.1. The molecule has 0 N–H and O–H groups in total. The largest absolute Gasteiger partial charge is 0.466 e. The molecule has 40 heavy (non-hydrogen) atoms. The molecule has 4 aromatic carbocycles. The highest BCUT2D eigenvalue weighted by Gasteiger charge is 2.56. The molecule has 2 aliphatic heterocycles. The van der Waals surface area contributed by atoms with Gasteiger partial charge in [-0.05, 0) is 47.5 Å². The third kappa shape index (κ3) is 4.91. The zero-order valence-electron chi connectivity index (χ0n) is 21.6. The van der Waals surface area contributed by atoms with Crippen LogP contribution in [0.5, 0.6) is 0 Å². The molecule has 1 amide bonds. The minimum Gasteiger partial charge on any atom is -0.466 e. The van der Waals surface area contributed by atoms with Crippen molar-refractivity contribution >= 4 is 33.2 Å². The fourth-order valence-electron chi connectivity index (χ4n) is 5.45. The van der Waals surface area contributed by atoms with Crippen molar-refractivity contribution in [3.8, 4) is 0 Å². The average Bonchev–Trinajstić information content (AvgIpc) is 3.33. The van der Waals surface area contributed by atoms with Gasteiger partial charge < -0.3 is 9.64 Å². The summed E-state index contributed by atoms with van der Waals surface area (Å²) in [4.78, 5) is 21.5. The molecule has 6 nitrogen and oxygen atoms in total. The Morgan fingerprint density at radius 1 is 0.900 bits per heavy atom. The van der Waals surface area contributed by atoms with Crippen molar-refractivity contribution in [2.24, 2.45) is 4.99 Å². The normalized spacial score (nSPS) is 20.2. The standard InChI is InChI=1S/C32H27ClN2O4S/c33-26-17-16-25-22-35(18-19-40(37,38)27-14-8-3-9-15-27)31(36)32(21-23-10-4-1-5-11-23)29(28(25)20-26)39-30(34-32)24-12-6-2-7-13-24/h1-17,20,29H,18-19,21-22H2/t29-,32-/m0/s1. The van der Waals surface area contributed by atoms with E-state index in [1.54, 1.807) is 41.3 Å². The number of rotatable bonds is 7. The Hall–Kier alpha value is -3.94. The lowest BCUT2D eigenvalue weighted by Crippen LogP contribution is -2.50. The number of hydrogen-bond acceptors (Lipinski definition) is 5. The molecule has 0 unspecified atom stereocenters. The smallest absolute Gasteiger partial charge is 0.255 e. The number of ether oxygens (including phenoxy) is 1. The Labute approximate surface area is 238 Å². The summed E-state index contributed by atoms with van der Waals surface area (Å²) in [5, 5.41) is 0.525. The predicted octanol–water partition coefficient (Wildman–Crippen LogP) is 5.66. The molecular formula is C32H27ClN2O4S. The van der Waals surface area contributed by atoms with Crippen LogP contribution in [0.4, 0.5) is 0 Å². The first-order valence-electron chi connectivity index (χ1n) is 13.1. The summed E-state index contributed by atoms with van der Waals surface area (Å²) in [6, 6.07) is 33.0. The minimum atomic E-state index is -3.62. The molecule has 0 fully saturated rings. The van der Waals surface area contributed by atoms with Crippen LogP contribution in [0, 0.1) is 0 Å². The fourth-order valence-corrected chi connectivity index (χ4v) is 6.89. The molecule has 0 aliphatic carbocycles. The molecule has 0 saturated carbocycles. The number of hydrogen-bond donors (Lipinski definition) is 0. The highest BCUT2D eigenvalue weighted by molar-refractivity contribution is 7.91. The maximum atomic E-state index is 14.6. The highest BCUT2D eigenvalue weighted by Crippen LogP contribution is 2.47. The number of carbonyl (C=O) groups is 1. The number of sulfone groups is 1. The summed E-state index contributed by atoms with van der Waals surface area (Å²) in [6.45, 7) is 0.236. The van der Waals surface area contributed by atoms with E-state index in [-0.39, 0.29) is 36.1 Å². The van der Waals surface area contributed by atoms with Crippen LogP contribution in [0.25, 0.3) is 0 Å². The number of nitrogens with zero attached hydrogens (tertiary/aromatic N) is 2. The summed E-state index contributed by atoms with van der Waals surface area (Å²) < 4.78 is 32.9. The quantitative estimate of drug-likeness (QED) is 0.287. The second-order valence-electron chi connectivity index (χ2n) is 10.1. The highest BCUT2D eigenvalue weighted by atomic mass is 35.5. The maximum Gasteiger partial charge on any atom is 0.255 e. The lowest BCUT2D eigenvalue weighted by Gasteiger charge is -2.32. The Balaban J connectivity index is 1.47. The molecule has 8 heteroatoms. The molecular weight excluding hydrogens is 544 g/mol. The summed E-state index contributed by atoms with van der Waals surface area (Å²) in [5.41, 5.74) is 1.96. The molecule has 2 atom stereocenters. The first-order chi connectivity index (χ1) is 19.4. The summed E-state index contributed by atoms with van der Waals surface area (Å²) in [7, 11) is -3.62. The van der Waals surface area contributed by atoms with Gasteiger partial charge in [0.15, 0.2) is 21.5 Å². The summed E-state index contributed by atoms with van der Waals surface area (Å²) in [6.07, 6.45) is -0.457. The van der Waals surface area contributed by atoms with Crippen LogP contribution < -0.4 is 0 Å². The number of aliphatic imine (C=N–C) groups is 1. The van der Waals surface area contributed by atoms with Gasteiger partial charge in [-0.25, -0.2) is 13.4 Å². The third-order valence-corrected chi connectivity index (χ3v) is 9.39. The Morgan fingerprint density at radius 2 is 1.55 bits per heavy atom. The fraction of sp³-hybridized carbons (Fsp3) is 0.188. The van der Waals surface area contributed by atoms with Gasteiger partial charge >= 0.3 is 0 Å². The predicted molar refractivity (Wildman–Crippen MR) is 155 cm³/mol. The van der Waals surface area contributed by atoms with Gasteiger partial charge in [-0.2, -0.15) is 0 Å². The van der Waals surface area contributed by atoms with Gasteiger partial charge in [0.05, 0.1) is 10.6 Å². The maximum absolute atomic E-state index is 14.6. The molecule has 0 saturated heterocycles. The van der Waals surface area contributed by atoms with Crippen molar-refractivity contribution in [1.29, 1.82) is 0 Å². The monoisotopic (exact) mass is 570 g/mol. The van der Waals surface area contributed by atoms with Crippen molar-refractivity contribution in [2.75, 3.05) is 12.3 Å².